The molecule has 0 heterocycles. The van der Waals surface area contributed by atoms with Gasteiger partial charge in [0, 0.05) is 6.54 Å². The highest BCUT2D eigenvalue weighted by Crippen LogP contribution is 2.24. The Morgan fingerprint density at radius 3 is 2.67 bits per heavy atom. The van der Waals surface area contributed by atoms with Crippen LogP contribution in [0, 0.1) is 6.92 Å². The number of methoxy groups -OCH3 is 1. The largest absolute Gasteiger partial charge is 0.495 e. The average Bonchev–Trinajstić information content (AvgIpc) is 2.36. The van der Waals surface area contributed by atoms with Crippen LogP contribution in [0.1, 0.15) is 5.56 Å². The predicted octanol–water partition coefficient (Wildman–Crippen LogP) is 0.0506. The highest BCUT2D eigenvalue weighted by Gasteiger charge is 2.15. The maximum Gasteiger partial charge on any atom is 0.313 e. The van der Waals surface area contributed by atoms with Crippen LogP contribution < -0.4 is 15.4 Å². The Morgan fingerprint density at radius 1 is 1.33 bits per heavy atom. The summed E-state index contributed by atoms with van der Waals surface area (Å²) in [6.45, 7) is 1.69. The molecule has 98 valence electrons. The van der Waals surface area contributed by atoms with Crippen molar-refractivity contribution in [3.63, 3.8) is 0 Å². The van der Waals surface area contributed by atoms with Crippen LogP contribution >= 0.6 is 0 Å². The molecule has 0 aliphatic rings. The van der Waals surface area contributed by atoms with E-state index in [-0.39, 0.29) is 13.2 Å². The molecule has 0 saturated carbocycles. The van der Waals surface area contributed by atoms with Crippen molar-refractivity contribution in [3.05, 3.63) is 23.8 Å². The van der Waals surface area contributed by atoms with E-state index < -0.39 is 11.8 Å². The molecule has 0 atom stereocenters. The Labute approximate surface area is 105 Å². The van der Waals surface area contributed by atoms with Crippen LogP contribution in [0.5, 0.6) is 5.75 Å². The maximum absolute atomic E-state index is 11.5. The van der Waals surface area contributed by atoms with Gasteiger partial charge in [-0.25, -0.2) is 0 Å². The fourth-order valence-electron chi connectivity index (χ4n) is 1.35. The topological polar surface area (TPSA) is 87.7 Å². The van der Waals surface area contributed by atoms with E-state index in [0.717, 1.165) is 5.56 Å². The van der Waals surface area contributed by atoms with E-state index in [1.54, 1.807) is 12.1 Å². The number of aliphatic hydroxyl groups is 1. The molecule has 1 rings (SSSR count). The second kappa shape index (κ2) is 6.61. The monoisotopic (exact) mass is 252 g/mol. The van der Waals surface area contributed by atoms with E-state index in [1.165, 1.54) is 7.11 Å². The van der Waals surface area contributed by atoms with Gasteiger partial charge in [-0.2, -0.15) is 0 Å². The summed E-state index contributed by atoms with van der Waals surface area (Å²) >= 11 is 0. The minimum absolute atomic E-state index is 0.0389. The molecule has 2 amide bonds. The summed E-state index contributed by atoms with van der Waals surface area (Å²) in [5.41, 5.74) is 1.36. The lowest BCUT2D eigenvalue weighted by molar-refractivity contribution is -0.136. The molecule has 6 nitrogen and oxygen atoms in total. The van der Waals surface area contributed by atoms with Gasteiger partial charge in [-0.15, -0.1) is 0 Å². The maximum atomic E-state index is 11.5. The predicted molar refractivity (Wildman–Crippen MR) is 66.5 cm³/mol. The van der Waals surface area contributed by atoms with Crippen LogP contribution in [0.2, 0.25) is 0 Å². The number of amides is 2. The Morgan fingerprint density at radius 2 is 2.06 bits per heavy atom. The number of benzene rings is 1. The minimum atomic E-state index is -0.799. The van der Waals surface area contributed by atoms with E-state index in [0.29, 0.717) is 11.4 Å². The number of aliphatic hydroxyl groups excluding tert-OH is 1. The van der Waals surface area contributed by atoms with Crippen molar-refractivity contribution in [1.29, 1.82) is 0 Å². The molecule has 0 radical (unpaired) electrons. The van der Waals surface area contributed by atoms with Gasteiger partial charge in [-0.3, -0.25) is 9.59 Å². The standard InChI is InChI=1S/C12H16N2O4/c1-8-3-4-10(18-2)9(7-8)14-12(17)11(16)13-5-6-15/h3-4,7,15H,5-6H2,1-2H3,(H,13,16)(H,14,17). The summed E-state index contributed by atoms with van der Waals surface area (Å²) in [5.74, 6) is -1.12. The summed E-state index contributed by atoms with van der Waals surface area (Å²) in [4.78, 5) is 22.9. The average molecular weight is 252 g/mol. The van der Waals surface area contributed by atoms with Crippen LogP contribution in [0.15, 0.2) is 18.2 Å². The molecule has 0 aliphatic heterocycles. The zero-order valence-electron chi connectivity index (χ0n) is 10.3. The van der Waals surface area contributed by atoms with Gasteiger partial charge in [0.15, 0.2) is 0 Å². The van der Waals surface area contributed by atoms with Crippen LogP contribution in [-0.4, -0.2) is 37.2 Å². The third-order valence-corrected chi connectivity index (χ3v) is 2.21. The van der Waals surface area contributed by atoms with Crippen LogP contribution in [0.3, 0.4) is 0 Å². The number of rotatable bonds is 4. The summed E-state index contributed by atoms with van der Waals surface area (Å²) in [6.07, 6.45) is 0. The van der Waals surface area contributed by atoms with Crippen molar-refractivity contribution < 1.29 is 19.4 Å². The second-order valence-corrected chi connectivity index (χ2v) is 3.64. The summed E-state index contributed by atoms with van der Waals surface area (Å²) in [7, 11) is 1.48. The van der Waals surface area contributed by atoms with Crippen molar-refractivity contribution >= 4 is 17.5 Å². The quantitative estimate of drug-likeness (QED) is 0.661. The number of hydrogen-bond acceptors (Lipinski definition) is 4. The van der Waals surface area contributed by atoms with E-state index in [9.17, 15) is 9.59 Å². The first-order valence-electron chi connectivity index (χ1n) is 5.43. The summed E-state index contributed by atoms with van der Waals surface area (Å²) in [5, 5.41) is 13.3. The molecular formula is C12H16N2O4. The molecule has 0 saturated heterocycles. The molecule has 0 unspecified atom stereocenters. The molecule has 0 fully saturated rings. The Balaban J connectivity index is 2.74. The number of aryl methyl sites for hydroxylation is 1. The van der Waals surface area contributed by atoms with Crippen molar-refractivity contribution in [1.82, 2.24) is 5.32 Å². The first-order chi connectivity index (χ1) is 8.58. The smallest absolute Gasteiger partial charge is 0.313 e. The Hall–Kier alpha value is -2.08. The normalized spacial score (nSPS) is 9.72. The molecule has 0 aromatic heterocycles. The van der Waals surface area contributed by atoms with Gasteiger partial charge in [0.2, 0.25) is 0 Å². The van der Waals surface area contributed by atoms with Gasteiger partial charge in [-0.1, -0.05) is 6.07 Å². The Bertz CT molecular complexity index is 446. The highest BCUT2D eigenvalue weighted by molar-refractivity contribution is 6.39. The first-order valence-corrected chi connectivity index (χ1v) is 5.43. The number of carbonyl (C=O) groups excluding carboxylic acids is 2. The lowest BCUT2D eigenvalue weighted by Gasteiger charge is -2.10. The molecule has 0 spiro atoms. The lowest BCUT2D eigenvalue weighted by Crippen LogP contribution is -2.36. The number of nitrogens with one attached hydrogen (secondary N) is 2. The Kier molecular flexibility index (Phi) is 5.13. The van der Waals surface area contributed by atoms with Gasteiger partial charge in [0.05, 0.1) is 19.4 Å². The number of carbonyl (C=O) groups is 2. The summed E-state index contributed by atoms with van der Waals surface area (Å²) < 4.78 is 5.08. The molecule has 1 aromatic rings. The van der Waals surface area contributed by atoms with Crippen LogP contribution in [0.4, 0.5) is 5.69 Å². The van der Waals surface area contributed by atoms with Gasteiger partial charge in [-0.05, 0) is 24.6 Å². The molecular weight excluding hydrogens is 236 g/mol. The van der Waals surface area contributed by atoms with Crippen LogP contribution in [0.25, 0.3) is 0 Å². The third kappa shape index (κ3) is 3.74. The van der Waals surface area contributed by atoms with Crippen molar-refractivity contribution in [3.8, 4) is 5.75 Å². The third-order valence-electron chi connectivity index (χ3n) is 2.21. The minimum Gasteiger partial charge on any atom is -0.495 e. The van der Waals surface area contributed by atoms with E-state index in [1.807, 2.05) is 13.0 Å². The number of anilines is 1. The number of hydrogen-bond donors (Lipinski definition) is 3. The van der Waals surface area contributed by atoms with E-state index in [2.05, 4.69) is 10.6 Å². The highest BCUT2D eigenvalue weighted by atomic mass is 16.5. The lowest BCUT2D eigenvalue weighted by atomic mass is 10.2. The van der Waals surface area contributed by atoms with E-state index in [4.69, 9.17) is 9.84 Å². The van der Waals surface area contributed by atoms with Crippen LogP contribution in [-0.2, 0) is 9.59 Å². The summed E-state index contributed by atoms with van der Waals surface area (Å²) in [6, 6.07) is 5.24. The van der Waals surface area contributed by atoms with Gasteiger partial charge < -0.3 is 20.5 Å². The van der Waals surface area contributed by atoms with Crippen molar-refractivity contribution in [2.45, 2.75) is 6.92 Å². The second-order valence-electron chi connectivity index (χ2n) is 3.64. The van der Waals surface area contributed by atoms with E-state index >= 15 is 0 Å². The molecule has 6 heteroatoms. The molecule has 0 aliphatic carbocycles. The fourth-order valence-corrected chi connectivity index (χ4v) is 1.35. The van der Waals surface area contributed by atoms with Crippen molar-refractivity contribution in [2.24, 2.45) is 0 Å². The van der Waals surface area contributed by atoms with Crippen molar-refractivity contribution in [2.75, 3.05) is 25.6 Å². The van der Waals surface area contributed by atoms with Gasteiger partial charge in [0.25, 0.3) is 0 Å². The molecule has 18 heavy (non-hydrogen) atoms. The molecule has 3 N–H and O–H groups in total. The van der Waals surface area contributed by atoms with Gasteiger partial charge in [0.1, 0.15) is 5.75 Å². The first kappa shape index (κ1) is 14.0. The zero-order valence-corrected chi connectivity index (χ0v) is 10.3. The molecule has 0 bridgehead atoms. The fraction of sp³-hybridized carbons (Fsp3) is 0.333. The zero-order chi connectivity index (χ0) is 13.5. The SMILES string of the molecule is COc1ccc(C)cc1NC(=O)C(=O)NCCO. The number of ether oxygens (including phenoxy) is 1. The molecule has 1 aromatic carbocycles. The van der Waals surface area contributed by atoms with Gasteiger partial charge >= 0.3 is 11.8 Å².